The second-order valence-corrected chi connectivity index (χ2v) is 6.91. The Labute approximate surface area is 145 Å². The van der Waals surface area contributed by atoms with E-state index in [1.165, 1.54) is 54.4 Å². The second kappa shape index (κ2) is 14.3. The van der Waals surface area contributed by atoms with Gasteiger partial charge in [0.15, 0.2) is 0 Å². The van der Waals surface area contributed by atoms with Gasteiger partial charge in [-0.1, -0.05) is 52.7 Å². The van der Waals surface area contributed by atoms with Crippen LogP contribution in [0.5, 0.6) is 0 Å². The van der Waals surface area contributed by atoms with Crippen LogP contribution in [0, 0.1) is 0 Å². The molecule has 0 bridgehead atoms. The molecule has 0 aliphatic heterocycles. The first-order valence-corrected chi connectivity index (χ1v) is 9.16. The fraction of sp³-hybridized carbons (Fsp3) is 0.565. The first-order chi connectivity index (χ1) is 11.0. The van der Waals surface area contributed by atoms with E-state index in [1.807, 2.05) is 6.08 Å². The SMILES string of the molecule is C=CCCC(C)=CCCC=C(C)CCC=C(C)CCC=C(C)C. The van der Waals surface area contributed by atoms with Gasteiger partial charge in [-0.25, -0.2) is 0 Å². The van der Waals surface area contributed by atoms with Gasteiger partial charge in [-0.15, -0.1) is 6.58 Å². The van der Waals surface area contributed by atoms with E-state index >= 15 is 0 Å². The van der Waals surface area contributed by atoms with Crippen LogP contribution in [0.2, 0.25) is 0 Å². The fourth-order valence-electron chi connectivity index (χ4n) is 2.43. The predicted octanol–water partition coefficient (Wildman–Crippen LogP) is 8.10. The van der Waals surface area contributed by atoms with E-state index < -0.39 is 0 Å². The predicted molar refractivity (Wildman–Crippen MR) is 108 cm³/mol. The van der Waals surface area contributed by atoms with Gasteiger partial charge in [-0.2, -0.15) is 0 Å². The molecule has 0 fully saturated rings. The molecule has 0 atom stereocenters. The second-order valence-electron chi connectivity index (χ2n) is 6.91. The minimum absolute atomic E-state index is 1.09. The van der Waals surface area contributed by atoms with Gasteiger partial charge >= 0.3 is 0 Å². The Bertz CT molecular complexity index is 437. The molecular formula is C23H38. The molecule has 130 valence electrons. The summed E-state index contributed by atoms with van der Waals surface area (Å²) >= 11 is 0. The summed E-state index contributed by atoms with van der Waals surface area (Å²) in [6, 6.07) is 0. The zero-order chi connectivity index (χ0) is 17.5. The molecule has 0 aromatic heterocycles. The normalized spacial score (nSPS) is 13.2. The number of hydrogen-bond donors (Lipinski definition) is 0. The summed E-state index contributed by atoms with van der Waals surface area (Å²) in [4.78, 5) is 0. The van der Waals surface area contributed by atoms with Crippen molar-refractivity contribution in [3.63, 3.8) is 0 Å². The largest absolute Gasteiger partial charge is 0.103 e. The van der Waals surface area contributed by atoms with Crippen molar-refractivity contribution in [3.8, 4) is 0 Å². The molecule has 0 aliphatic carbocycles. The third-order valence-electron chi connectivity index (χ3n) is 4.02. The smallest absolute Gasteiger partial charge is 0.0288 e. The van der Waals surface area contributed by atoms with Crippen molar-refractivity contribution >= 4 is 0 Å². The van der Waals surface area contributed by atoms with Crippen LogP contribution in [0.4, 0.5) is 0 Å². The van der Waals surface area contributed by atoms with E-state index in [2.05, 4.69) is 65.5 Å². The Kier molecular flexibility index (Phi) is 13.5. The lowest BCUT2D eigenvalue weighted by molar-refractivity contribution is 0.902. The minimum Gasteiger partial charge on any atom is -0.103 e. The summed E-state index contributed by atoms with van der Waals surface area (Å²) < 4.78 is 0. The Morgan fingerprint density at radius 1 is 0.565 bits per heavy atom. The molecule has 0 heterocycles. The quantitative estimate of drug-likeness (QED) is 0.252. The summed E-state index contributed by atoms with van der Waals surface area (Å²) in [5.41, 5.74) is 5.96. The molecule has 0 aromatic rings. The summed E-state index contributed by atoms with van der Waals surface area (Å²) in [5, 5.41) is 0. The zero-order valence-electron chi connectivity index (χ0n) is 16.3. The Balaban J connectivity index is 3.93. The molecule has 0 unspecified atom stereocenters. The number of unbranched alkanes of at least 4 members (excludes halogenated alkanes) is 1. The van der Waals surface area contributed by atoms with Crippen molar-refractivity contribution < 1.29 is 0 Å². The van der Waals surface area contributed by atoms with Crippen molar-refractivity contribution in [2.24, 2.45) is 0 Å². The average molecular weight is 315 g/mol. The van der Waals surface area contributed by atoms with Crippen molar-refractivity contribution in [3.05, 3.63) is 59.3 Å². The van der Waals surface area contributed by atoms with E-state index in [4.69, 9.17) is 0 Å². The summed E-state index contributed by atoms with van der Waals surface area (Å²) in [5.74, 6) is 0. The van der Waals surface area contributed by atoms with E-state index in [-0.39, 0.29) is 0 Å². The van der Waals surface area contributed by atoms with Gasteiger partial charge in [0.2, 0.25) is 0 Å². The van der Waals surface area contributed by atoms with Crippen LogP contribution >= 0.6 is 0 Å². The van der Waals surface area contributed by atoms with Crippen molar-refractivity contribution in [1.82, 2.24) is 0 Å². The molecule has 0 saturated heterocycles. The fourth-order valence-corrected chi connectivity index (χ4v) is 2.43. The van der Waals surface area contributed by atoms with Crippen LogP contribution in [0.15, 0.2) is 59.3 Å². The maximum Gasteiger partial charge on any atom is -0.0288 e. The molecule has 0 heteroatoms. The molecule has 0 aliphatic rings. The highest BCUT2D eigenvalue weighted by Gasteiger charge is 1.92. The van der Waals surface area contributed by atoms with Gasteiger partial charge in [0.1, 0.15) is 0 Å². The van der Waals surface area contributed by atoms with Gasteiger partial charge in [0, 0.05) is 0 Å². The zero-order valence-corrected chi connectivity index (χ0v) is 16.3. The topological polar surface area (TPSA) is 0 Å². The molecule has 0 rings (SSSR count). The number of allylic oxidation sites excluding steroid dienone is 9. The number of hydrogen-bond acceptors (Lipinski definition) is 0. The third-order valence-corrected chi connectivity index (χ3v) is 4.02. The number of rotatable bonds is 12. The molecule has 0 nitrogen and oxygen atoms in total. The van der Waals surface area contributed by atoms with Crippen LogP contribution in [-0.4, -0.2) is 0 Å². The molecule has 23 heavy (non-hydrogen) atoms. The average Bonchev–Trinajstić information content (AvgIpc) is 2.49. The van der Waals surface area contributed by atoms with Gasteiger partial charge in [0.05, 0.1) is 0 Å². The van der Waals surface area contributed by atoms with Crippen LogP contribution < -0.4 is 0 Å². The molecule has 0 N–H and O–H groups in total. The third kappa shape index (κ3) is 15.4. The molecule has 0 spiro atoms. The monoisotopic (exact) mass is 314 g/mol. The molecule has 0 saturated carbocycles. The van der Waals surface area contributed by atoms with Gasteiger partial charge in [0.25, 0.3) is 0 Å². The van der Waals surface area contributed by atoms with E-state index in [1.54, 1.807) is 0 Å². The minimum atomic E-state index is 1.09. The highest BCUT2D eigenvalue weighted by atomic mass is 14.0. The molecule has 0 radical (unpaired) electrons. The van der Waals surface area contributed by atoms with Crippen molar-refractivity contribution in [1.29, 1.82) is 0 Å². The molecular weight excluding hydrogens is 276 g/mol. The van der Waals surface area contributed by atoms with Crippen molar-refractivity contribution in [2.45, 2.75) is 86.0 Å². The first-order valence-electron chi connectivity index (χ1n) is 9.16. The van der Waals surface area contributed by atoms with Crippen LogP contribution in [-0.2, 0) is 0 Å². The summed E-state index contributed by atoms with van der Waals surface area (Å²) in [7, 11) is 0. The van der Waals surface area contributed by atoms with Gasteiger partial charge in [-0.05, 0) is 86.0 Å². The Morgan fingerprint density at radius 2 is 0.957 bits per heavy atom. The Morgan fingerprint density at radius 3 is 1.39 bits per heavy atom. The maximum atomic E-state index is 3.77. The highest BCUT2D eigenvalue weighted by molar-refractivity contribution is 5.06. The van der Waals surface area contributed by atoms with Crippen LogP contribution in [0.1, 0.15) is 86.0 Å². The summed E-state index contributed by atoms with van der Waals surface area (Å²) in [6.45, 7) is 14.9. The standard InChI is InChI=1S/C23H38/c1-7-8-14-21(4)15-9-10-16-22(5)18-12-19-23(6)17-11-13-20(2)3/h7,13,15-16,19H,1,8-12,14,17-18H2,2-6H3. The Hall–Kier alpha value is -1.30. The lowest BCUT2D eigenvalue weighted by atomic mass is 10.0. The summed E-state index contributed by atoms with van der Waals surface area (Å²) in [6.07, 6.45) is 20.8. The van der Waals surface area contributed by atoms with E-state index in [0.717, 1.165) is 19.3 Å². The maximum absolute atomic E-state index is 3.77. The lowest BCUT2D eigenvalue weighted by Crippen LogP contribution is -1.81. The highest BCUT2D eigenvalue weighted by Crippen LogP contribution is 2.13. The van der Waals surface area contributed by atoms with E-state index in [9.17, 15) is 0 Å². The lowest BCUT2D eigenvalue weighted by Gasteiger charge is -2.02. The van der Waals surface area contributed by atoms with E-state index in [0.29, 0.717) is 0 Å². The van der Waals surface area contributed by atoms with Crippen molar-refractivity contribution in [2.75, 3.05) is 0 Å². The van der Waals surface area contributed by atoms with Crippen LogP contribution in [0.3, 0.4) is 0 Å². The van der Waals surface area contributed by atoms with Crippen LogP contribution in [0.25, 0.3) is 0 Å². The first kappa shape index (κ1) is 21.7. The molecule has 0 aromatic carbocycles. The molecule has 0 amide bonds. The van der Waals surface area contributed by atoms with Gasteiger partial charge in [-0.3, -0.25) is 0 Å². The van der Waals surface area contributed by atoms with Gasteiger partial charge < -0.3 is 0 Å².